The molecule has 0 aliphatic carbocycles. The van der Waals surface area contributed by atoms with E-state index in [0.717, 1.165) is 6.07 Å². The number of aromatic hydroxyl groups is 4. The number of ether oxygens (including phenoxy) is 1. The number of hydrogen-bond donors (Lipinski definition) is 4. The van der Waals surface area contributed by atoms with Gasteiger partial charge in [0.15, 0.2) is 17.3 Å². The van der Waals surface area contributed by atoms with Gasteiger partial charge in [0.05, 0.1) is 7.11 Å². The van der Waals surface area contributed by atoms with Crippen LogP contribution in [0.25, 0.3) is 22.3 Å². The van der Waals surface area contributed by atoms with E-state index in [2.05, 4.69) is 0 Å². The summed E-state index contributed by atoms with van der Waals surface area (Å²) in [6, 6.07) is 4.93. The predicted molar refractivity (Wildman–Crippen MR) is 85.9 cm³/mol. The largest absolute Gasteiger partial charge is 0.507 e. The van der Waals surface area contributed by atoms with Gasteiger partial charge in [-0.2, -0.15) is 0 Å². The van der Waals surface area contributed by atoms with E-state index in [1.54, 1.807) is 0 Å². The van der Waals surface area contributed by atoms with Crippen molar-refractivity contribution in [2.75, 3.05) is 7.11 Å². The van der Waals surface area contributed by atoms with Crippen molar-refractivity contribution >= 4 is 11.0 Å². The number of methoxy groups -OCH3 is 1. The van der Waals surface area contributed by atoms with Crippen LogP contribution in [0, 0.1) is 6.92 Å². The van der Waals surface area contributed by atoms with Crippen molar-refractivity contribution < 1.29 is 29.6 Å². The minimum atomic E-state index is -0.623. The first-order chi connectivity index (χ1) is 11.3. The molecule has 0 radical (unpaired) electrons. The number of rotatable bonds is 2. The molecule has 0 unspecified atom stereocenters. The molecule has 2 aromatic carbocycles. The van der Waals surface area contributed by atoms with Crippen molar-refractivity contribution in [3.8, 4) is 40.1 Å². The van der Waals surface area contributed by atoms with Gasteiger partial charge in [-0.1, -0.05) is 0 Å². The molecule has 3 aromatic rings. The molecule has 0 aliphatic heterocycles. The molecule has 0 spiro atoms. The van der Waals surface area contributed by atoms with Crippen LogP contribution in [-0.4, -0.2) is 27.5 Å². The lowest BCUT2D eigenvalue weighted by Crippen LogP contribution is -2.08. The van der Waals surface area contributed by atoms with E-state index in [0.29, 0.717) is 0 Å². The standard InChI is InChI=1S/C17H14O7/c1-7-10(19)6-12(21)13-14(22)17(23-2)16(24-15(7)13)8-3-4-9(18)11(20)5-8/h3-6,18-21H,1-2H3. The highest BCUT2D eigenvalue weighted by atomic mass is 16.5. The smallest absolute Gasteiger partial charge is 0.239 e. The summed E-state index contributed by atoms with van der Waals surface area (Å²) in [7, 11) is 1.27. The van der Waals surface area contributed by atoms with Gasteiger partial charge in [-0.15, -0.1) is 0 Å². The second-order valence-corrected chi connectivity index (χ2v) is 5.24. The molecule has 1 aromatic heterocycles. The maximum absolute atomic E-state index is 12.7. The van der Waals surface area contributed by atoms with E-state index < -0.39 is 16.9 Å². The third-order valence-corrected chi connectivity index (χ3v) is 3.77. The molecular weight excluding hydrogens is 316 g/mol. The molecule has 0 bridgehead atoms. The van der Waals surface area contributed by atoms with Gasteiger partial charge in [0.1, 0.15) is 22.5 Å². The van der Waals surface area contributed by atoms with E-state index in [9.17, 15) is 25.2 Å². The molecule has 0 saturated heterocycles. The quantitative estimate of drug-likeness (QED) is 0.533. The van der Waals surface area contributed by atoms with Crippen LogP contribution in [0.3, 0.4) is 0 Å². The SMILES string of the molecule is COc1c(-c2ccc(O)c(O)c2)oc2c(C)c(O)cc(O)c2c1=O. The zero-order valence-electron chi connectivity index (χ0n) is 12.8. The molecule has 0 fully saturated rings. The summed E-state index contributed by atoms with van der Waals surface area (Å²) >= 11 is 0. The Labute approximate surface area is 135 Å². The lowest BCUT2D eigenvalue weighted by Gasteiger charge is -2.12. The Kier molecular flexibility index (Phi) is 3.48. The van der Waals surface area contributed by atoms with Crippen LogP contribution in [0.5, 0.6) is 28.7 Å². The molecule has 0 atom stereocenters. The van der Waals surface area contributed by atoms with E-state index in [-0.39, 0.29) is 45.1 Å². The topological polar surface area (TPSA) is 120 Å². The maximum Gasteiger partial charge on any atom is 0.239 e. The fourth-order valence-corrected chi connectivity index (χ4v) is 2.48. The Morgan fingerprint density at radius 1 is 0.958 bits per heavy atom. The van der Waals surface area contributed by atoms with Crippen molar-refractivity contribution in [1.82, 2.24) is 0 Å². The van der Waals surface area contributed by atoms with Gasteiger partial charge >= 0.3 is 0 Å². The van der Waals surface area contributed by atoms with Gasteiger partial charge in [0.2, 0.25) is 11.2 Å². The lowest BCUT2D eigenvalue weighted by molar-refractivity contribution is 0.395. The first kappa shape index (κ1) is 15.5. The Balaban J connectivity index is 2.46. The second kappa shape index (κ2) is 5.38. The van der Waals surface area contributed by atoms with E-state index in [1.807, 2.05) is 0 Å². The van der Waals surface area contributed by atoms with Gasteiger partial charge < -0.3 is 29.6 Å². The highest BCUT2D eigenvalue weighted by Crippen LogP contribution is 2.39. The number of aryl methyl sites for hydroxylation is 1. The Bertz CT molecular complexity index is 1020. The third kappa shape index (κ3) is 2.18. The van der Waals surface area contributed by atoms with Crippen molar-refractivity contribution in [3.05, 3.63) is 40.1 Å². The Morgan fingerprint density at radius 3 is 2.29 bits per heavy atom. The number of phenolic OH excluding ortho intramolecular Hbond substituents is 4. The van der Waals surface area contributed by atoms with Crippen molar-refractivity contribution in [1.29, 1.82) is 0 Å². The molecule has 7 nitrogen and oxygen atoms in total. The molecule has 24 heavy (non-hydrogen) atoms. The molecule has 4 N–H and O–H groups in total. The molecule has 0 saturated carbocycles. The van der Waals surface area contributed by atoms with Crippen LogP contribution in [-0.2, 0) is 0 Å². The fraction of sp³-hybridized carbons (Fsp3) is 0.118. The monoisotopic (exact) mass is 330 g/mol. The van der Waals surface area contributed by atoms with Gasteiger partial charge in [-0.05, 0) is 25.1 Å². The van der Waals surface area contributed by atoms with Crippen LogP contribution in [0.1, 0.15) is 5.56 Å². The highest BCUT2D eigenvalue weighted by molar-refractivity contribution is 5.90. The van der Waals surface area contributed by atoms with Gasteiger partial charge in [-0.25, -0.2) is 0 Å². The summed E-state index contributed by atoms with van der Waals surface area (Å²) < 4.78 is 10.8. The predicted octanol–water partition coefficient (Wildman–Crippen LogP) is 2.60. The Hall–Kier alpha value is -3.35. The molecule has 1 heterocycles. The van der Waals surface area contributed by atoms with Crippen LogP contribution in [0.4, 0.5) is 0 Å². The molecule has 0 aliphatic rings. The van der Waals surface area contributed by atoms with Crippen molar-refractivity contribution in [2.24, 2.45) is 0 Å². The van der Waals surface area contributed by atoms with E-state index in [4.69, 9.17) is 9.15 Å². The zero-order chi connectivity index (χ0) is 17.6. The first-order valence-corrected chi connectivity index (χ1v) is 6.93. The fourth-order valence-electron chi connectivity index (χ4n) is 2.48. The lowest BCUT2D eigenvalue weighted by atomic mass is 10.1. The van der Waals surface area contributed by atoms with Crippen LogP contribution in [0.15, 0.2) is 33.5 Å². The Morgan fingerprint density at radius 2 is 1.67 bits per heavy atom. The number of hydrogen-bond acceptors (Lipinski definition) is 7. The minimum Gasteiger partial charge on any atom is -0.507 e. The van der Waals surface area contributed by atoms with E-state index >= 15 is 0 Å². The summed E-state index contributed by atoms with van der Waals surface area (Å²) in [5.74, 6) is -1.56. The number of benzene rings is 2. The van der Waals surface area contributed by atoms with Crippen LogP contribution in [0.2, 0.25) is 0 Å². The van der Waals surface area contributed by atoms with Crippen LogP contribution < -0.4 is 10.2 Å². The maximum atomic E-state index is 12.7. The molecule has 3 rings (SSSR count). The zero-order valence-corrected chi connectivity index (χ0v) is 12.8. The van der Waals surface area contributed by atoms with Gasteiger partial charge in [0.25, 0.3) is 0 Å². The number of fused-ring (bicyclic) bond motifs is 1. The van der Waals surface area contributed by atoms with E-state index in [1.165, 1.54) is 32.2 Å². The molecular formula is C17H14O7. The van der Waals surface area contributed by atoms with Crippen molar-refractivity contribution in [2.45, 2.75) is 6.92 Å². The highest BCUT2D eigenvalue weighted by Gasteiger charge is 2.22. The summed E-state index contributed by atoms with van der Waals surface area (Å²) in [5, 5.41) is 38.8. The average molecular weight is 330 g/mol. The summed E-state index contributed by atoms with van der Waals surface area (Å²) in [4.78, 5) is 12.7. The van der Waals surface area contributed by atoms with Gasteiger partial charge in [0, 0.05) is 17.2 Å². The second-order valence-electron chi connectivity index (χ2n) is 5.24. The first-order valence-electron chi connectivity index (χ1n) is 6.93. The minimum absolute atomic E-state index is 0.000801. The molecule has 124 valence electrons. The van der Waals surface area contributed by atoms with Crippen molar-refractivity contribution in [3.63, 3.8) is 0 Å². The summed E-state index contributed by atoms with van der Waals surface area (Å²) in [6.07, 6.45) is 0. The normalized spacial score (nSPS) is 10.9. The summed E-state index contributed by atoms with van der Waals surface area (Å²) in [5.41, 5.74) is -0.0713. The third-order valence-electron chi connectivity index (χ3n) is 3.77. The summed E-state index contributed by atoms with van der Waals surface area (Å²) in [6.45, 7) is 1.53. The number of phenols is 4. The van der Waals surface area contributed by atoms with Gasteiger partial charge in [-0.3, -0.25) is 4.79 Å². The average Bonchev–Trinajstić information content (AvgIpc) is 2.54. The van der Waals surface area contributed by atoms with Crippen LogP contribution >= 0.6 is 0 Å². The molecule has 7 heteroatoms. The molecule has 0 amide bonds.